The van der Waals surface area contributed by atoms with Crippen molar-refractivity contribution in [3.63, 3.8) is 0 Å². The molecule has 162 valence electrons. The van der Waals surface area contributed by atoms with Gasteiger partial charge < -0.3 is 10.2 Å². The molecule has 0 spiro atoms. The number of anilines is 1. The van der Waals surface area contributed by atoms with Crippen LogP contribution in [0.15, 0.2) is 54.7 Å². The molecule has 0 radical (unpaired) electrons. The summed E-state index contributed by atoms with van der Waals surface area (Å²) in [4.78, 5) is 19.3. The molecule has 0 saturated carbocycles. The maximum absolute atomic E-state index is 12.7. The van der Waals surface area contributed by atoms with Crippen molar-refractivity contribution < 1.29 is 18.0 Å². The molecule has 0 atom stereocenters. The van der Waals surface area contributed by atoms with Crippen LogP contribution in [0.1, 0.15) is 34.6 Å². The third-order valence-corrected chi connectivity index (χ3v) is 5.30. The number of nitrogens with zero attached hydrogens (tertiary/aromatic N) is 4. The van der Waals surface area contributed by atoms with Gasteiger partial charge in [0.15, 0.2) is 5.69 Å². The summed E-state index contributed by atoms with van der Waals surface area (Å²) in [5, 5.41) is 6.58. The van der Waals surface area contributed by atoms with E-state index in [0.29, 0.717) is 11.3 Å². The predicted octanol–water partition coefficient (Wildman–Crippen LogP) is 3.99. The second-order valence-electron chi connectivity index (χ2n) is 7.56. The Hall–Kier alpha value is -3.36. The van der Waals surface area contributed by atoms with Crippen LogP contribution in [-0.2, 0) is 6.18 Å². The van der Waals surface area contributed by atoms with Crippen LogP contribution >= 0.6 is 0 Å². The molecule has 1 amide bonds. The van der Waals surface area contributed by atoms with E-state index in [1.807, 2.05) is 25.1 Å². The number of rotatable bonds is 4. The number of halogens is 3. The zero-order valence-corrected chi connectivity index (χ0v) is 16.9. The van der Waals surface area contributed by atoms with E-state index in [0.717, 1.165) is 48.2 Å². The van der Waals surface area contributed by atoms with E-state index >= 15 is 0 Å². The summed E-state index contributed by atoms with van der Waals surface area (Å²) in [6.45, 7) is 3.58. The molecule has 0 bridgehead atoms. The molecule has 1 N–H and O–H groups in total. The molecule has 3 aromatic rings. The number of aryl methyl sites for hydroxylation is 1. The standard InChI is InChI=1S/C22H22F3N5O/c1-15-3-2-4-20(26-15)29-12-9-17(10-13-29)27-21(31)16-5-7-18(8-6-16)30-14-11-19(28-30)22(23,24)25/h2-8,11,14,17H,9-10,12-13H2,1H3,(H,27,31). The smallest absolute Gasteiger partial charge is 0.356 e. The number of hydrogen-bond acceptors (Lipinski definition) is 4. The van der Waals surface area contributed by atoms with Gasteiger partial charge in [-0.15, -0.1) is 0 Å². The molecule has 1 aromatic carbocycles. The summed E-state index contributed by atoms with van der Waals surface area (Å²) < 4.78 is 39.3. The Kier molecular flexibility index (Phi) is 5.67. The Morgan fingerprint density at radius 3 is 2.39 bits per heavy atom. The van der Waals surface area contributed by atoms with E-state index in [9.17, 15) is 18.0 Å². The SMILES string of the molecule is Cc1cccc(N2CCC(NC(=O)c3ccc(-n4ccc(C(F)(F)F)n4)cc3)CC2)n1. The van der Waals surface area contributed by atoms with Gasteiger partial charge in [-0.1, -0.05) is 6.07 Å². The van der Waals surface area contributed by atoms with Gasteiger partial charge in [0.1, 0.15) is 5.82 Å². The lowest BCUT2D eigenvalue weighted by atomic mass is 10.0. The molecule has 6 nitrogen and oxygen atoms in total. The Morgan fingerprint density at radius 1 is 1.06 bits per heavy atom. The van der Waals surface area contributed by atoms with Gasteiger partial charge in [-0.25, -0.2) is 9.67 Å². The first-order valence-electron chi connectivity index (χ1n) is 10.0. The lowest BCUT2D eigenvalue weighted by molar-refractivity contribution is -0.141. The predicted molar refractivity (Wildman–Crippen MR) is 110 cm³/mol. The van der Waals surface area contributed by atoms with Crippen LogP contribution in [0.25, 0.3) is 5.69 Å². The molecule has 1 fully saturated rings. The first-order chi connectivity index (χ1) is 14.8. The highest BCUT2D eigenvalue weighted by Gasteiger charge is 2.33. The summed E-state index contributed by atoms with van der Waals surface area (Å²) in [7, 11) is 0. The number of carbonyl (C=O) groups excluding carboxylic acids is 1. The maximum atomic E-state index is 12.7. The minimum atomic E-state index is -4.49. The maximum Gasteiger partial charge on any atom is 0.435 e. The van der Waals surface area contributed by atoms with Gasteiger partial charge in [0, 0.05) is 36.6 Å². The van der Waals surface area contributed by atoms with Crippen LogP contribution in [0.3, 0.4) is 0 Å². The van der Waals surface area contributed by atoms with Crippen LogP contribution in [0, 0.1) is 6.92 Å². The van der Waals surface area contributed by atoms with Crippen molar-refractivity contribution in [1.29, 1.82) is 0 Å². The minimum absolute atomic E-state index is 0.0636. The molecule has 3 heterocycles. The van der Waals surface area contributed by atoms with Gasteiger partial charge in [-0.05, 0) is 62.2 Å². The van der Waals surface area contributed by atoms with Gasteiger partial charge >= 0.3 is 6.18 Å². The van der Waals surface area contributed by atoms with Crippen molar-refractivity contribution in [1.82, 2.24) is 20.1 Å². The first-order valence-corrected chi connectivity index (χ1v) is 10.0. The number of piperidine rings is 1. The molecule has 1 aliphatic heterocycles. The van der Waals surface area contributed by atoms with E-state index in [4.69, 9.17) is 0 Å². The summed E-state index contributed by atoms with van der Waals surface area (Å²) in [6, 6.07) is 13.3. The highest BCUT2D eigenvalue weighted by Crippen LogP contribution is 2.28. The molecule has 0 unspecified atom stereocenters. The van der Waals surface area contributed by atoms with E-state index in [-0.39, 0.29) is 11.9 Å². The van der Waals surface area contributed by atoms with Crippen LogP contribution in [-0.4, -0.2) is 39.8 Å². The molecular weight excluding hydrogens is 407 g/mol. The van der Waals surface area contributed by atoms with Crippen molar-refractivity contribution in [3.05, 3.63) is 71.7 Å². The van der Waals surface area contributed by atoms with Crippen LogP contribution in [0.4, 0.5) is 19.0 Å². The van der Waals surface area contributed by atoms with Crippen LogP contribution in [0.2, 0.25) is 0 Å². The molecule has 0 aliphatic carbocycles. The fourth-order valence-corrected chi connectivity index (χ4v) is 3.61. The van der Waals surface area contributed by atoms with Gasteiger partial charge in [0.05, 0.1) is 5.69 Å². The Bertz CT molecular complexity index is 1050. The molecule has 1 aliphatic rings. The van der Waals surface area contributed by atoms with Gasteiger partial charge in [0.25, 0.3) is 5.91 Å². The number of carbonyl (C=O) groups is 1. The van der Waals surface area contributed by atoms with Gasteiger partial charge in [0.2, 0.25) is 0 Å². The monoisotopic (exact) mass is 429 g/mol. The number of hydrogen-bond donors (Lipinski definition) is 1. The Morgan fingerprint density at radius 2 is 1.77 bits per heavy atom. The van der Waals surface area contributed by atoms with Crippen LogP contribution in [0.5, 0.6) is 0 Å². The Labute approximate surface area is 177 Å². The van der Waals surface area contributed by atoms with Crippen molar-refractivity contribution in [2.45, 2.75) is 32.0 Å². The van der Waals surface area contributed by atoms with E-state index in [2.05, 4.69) is 20.3 Å². The average Bonchev–Trinajstić information content (AvgIpc) is 3.25. The molecular formula is C22H22F3N5O. The summed E-state index contributed by atoms with van der Waals surface area (Å²) in [5.41, 5.74) is 0.920. The molecule has 9 heteroatoms. The van der Waals surface area contributed by atoms with E-state index < -0.39 is 11.9 Å². The van der Waals surface area contributed by atoms with E-state index in [1.165, 1.54) is 6.20 Å². The highest BCUT2D eigenvalue weighted by molar-refractivity contribution is 5.94. The van der Waals surface area contributed by atoms with Crippen molar-refractivity contribution >= 4 is 11.7 Å². The van der Waals surface area contributed by atoms with Crippen molar-refractivity contribution in [2.24, 2.45) is 0 Å². The number of nitrogens with one attached hydrogen (secondary N) is 1. The zero-order chi connectivity index (χ0) is 22.0. The average molecular weight is 429 g/mol. The minimum Gasteiger partial charge on any atom is -0.356 e. The highest BCUT2D eigenvalue weighted by atomic mass is 19.4. The summed E-state index contributed by atoms with van der Waals surface area (Å²) >= 11 is 0. The fourth-order valence-electron chi connectivity index (χ4n) is 3.61. The number of benzene rings is 1. The molecule has 4 rings (SSSR count). The zero-order valence-electron chi connectivity index (χ0n) is 16.9. The third-order valence-electron chi connectivity index (χ3n) is 5.30. The molecule has 2 aromatic heterocycles. The Balaban J connectivity index is 1.34. The number of alkyl halides is 3. The van der Waals surface area contributed by atoms with Crippen molar-refractivity contribution in [3.8, 4) is 5.69 Å². The quantitative estimate of drug-likeness (QED) is 0.681. The summed E-state index contributed by atoms with van der Waals surface area (Å²) in [5.74, 6) is 0.753. The third kappa shape index (κ3) is 4.87. The fraction of sp³-hybridized carbons (Fsp3) is 0.318. The summed E-state index contributed by atoms with van der Waals surface area (Å²) in [6.07, 6.45) is -1.62. The molecule has 1 saturated heterocycles. The number of amides is 1. The topological polar surface area (TPSA) is 63.1 Å². The lowest BCUT2D eigenvalue weighted by Gasteiger charge is -2.33. The first kappa shape index (κ1) is 20.9. The second-order valence-corrected chi connectivity index (χ2v) is 7.56. The van der Waals surface area contributed by atoms with Crippen molar-refractivity contribution in [2.75, 3.05) is 18.0 Å². The molecule has 31 heavy (non-hydrogen) atoms. The second kappa shape index (κ2) is 8.41. The normalized spacial score (nSPS) is 15.2. The van der Waals surface area contributed by atoms with Crippen LogP contribution < -0.4 is 10.2 Å². The lowest BCUT2D eigenvalue weighted by Crippen LogP contribution is -2.45. The largest absolute Gasteiger partial charge is 0.435 e. The van der Waals surface area contributed by atoms with Gasteiger partial charge in [-0.3, -0.25) is 4.79 Å². The van der Waals surface area contributed by atoms with Gasteiger partial charge in [-0.2, -0.15) is 18.3 Å². The van der Waals surface area contributed by atoms with E-state index in [1.54, 1.807) is 24.3 Å². The number of pyridine rings is 1. The number of aromatic nitrogens is 3.